The van der Waals surface area contributed by atoms with Gasteiger partial charge in [0.25, 0.3) is 5.91 Å². The summed E-state index contributed by atoms with van der Waals surface area (Å²) in [7, 11) is 1.27. The summed E-state index contributed by atoms with van der Waals surface area (Å²) in [4.78, 5) is 35.4. The summed E-state index contributed by atoms with van der Waals surface area (Å²) in [5, 5.41) is 4.42. The second kappa shape index (κ2) is 9.36. The van der Waals surface area contributed by atoms with Crippen molar-refractivity contribution in [2.45, 2.75) is 0 Å². The van der Waals surface area contributed by atoms with E-state index in [2.05, 4.69) is 10.1 Å². The van der Waals surface area contributed by atoms with E-state index < -0.39 is 24.5 Å². The number of nitrogens with one attached hydrogen (secondary N) is 1. The third-order valence-electron chi connectivity index (χ3n) is 4.03. The molecule has 0 unspecified atom stereocenters. The van der Waals surface area contributed by atoms with Gasteiger partial charge in [-0.05, 0) is 29.7 Å². The highest BCUT2D eigenvalue weighted by Crippen LogP contribution is 2.25. The number of hydrogen-bond acceptors (Lipinski definition) is 6. The zero-order valence-electron chi connectivity index (χ0n) is 15.7. The van der Waals surface area contributed by atoms with Gasteiger partial charge in [-0.2, -0.15) is 0 Å². The predicted molar refractivity (Wildman–Crippen MR) is 107 cm³/mol. The average Bonchev–Trinajstić information content (AvgIpc) is 2.75. The van der Waals surface area contributed by atoms with E-state index in [1.165, 1.54) is 13.2 Å². The lowest BCUT2D eigenvalue weighted by Gasteiger charge is -2.10. The molecule has 0 spiro atoms. The minimum Gasteiger partial charge on any atom is -0.481 e. The highest BCUT2D eigenvalue weighted by molar-refractivity contribution is 5.95. The number of anilines is 1. The Hall–Kier alpha value is -3.87. The van der Waals surface area contributed by atoms with Crippen molar-refractivity contribution in [3.63, 3.8) is 0 Å². The molecule has 7 nitrogen and oxygen atoms in total. The molecule has 0 bridgehead atoms. The Bertz CT molecular complexity index is 1040. The Kier molecular flexibility index (Phi) is 6.42. The fraction of sp³-hybridized carbons (Fsp3) is 0.136. The largest absolute Gasteiger partial charge is 0.481 e. The van der Waals surface area contributed by atoms with Gasteiger partial charge in [0, 0.05) is 11.1 Å². The summed E-state index contributed by atoms with van der Waals surface area (Å²) < 4.78 is 15.1. The van der Waals surface area contributed by atoms with Crippen LogP contribution < -0.4 is 10.1 Å². The summed E-state index contributed by atoms with van der Waals surface area (Å²) in [6.45, 7) is -0.792. The number of ether oxygens (including phenoxy) is 3. The van der Waals surface area contributed by atoms with E-state index in [4.69, 9.17) is 9.47 Å². The van der Waals surface area contributed by atoms with Gasteiger partial charge >= 0.3 is 11.9 Å². The van der Waals surface area contributed by atoms with Crippen molar-refractivity contribution in [3.8, 4) is 5.75 Å². The van der Waals surface area contributed by atoms with E-state index in [0.717, 1.165) is 10.8 Å². The highest BCUT2D eigenvalue weighted by Gasteiger charge is 2.11. The van der Waals surface area contributed by atoms with Gasteiger partial charge in [0.05, 0.1) is 12.7 Å². The molecule has 0 fully saturated rings. The number of benzene rings is 3. The van der Waals surface area contributed by atoms with Gasteiger partial charge in [0.1, 0.15) is 5.75 Å². The van der Waals surface area contributed by atoms with Crippen LogP contribution in [0.3, 0.4) is 0 Å². The minimum atomic E-state index is -0.670. The van der Waals surface area contributed by atoms with E-state index in [-0.39, 0.29) is 6.61 Å². The molecule has 0 saturated heterocycles. The van der Waals surface area contributed by atoms with Gasteiger partial charge in [-0.1, -0.05) is 42.5 Å². The number of amides is 1. The Morgan fingerprint density at radius 2 is 1.66 bits per heavy atom. The fourth-order valence-electron chi connectivity index (χ4n) is 2.68. The topological polar surface area (TPSA) is 90.9 Å². The average molecular weight is 393 g/mol. The first-order valence-electron chi connectivity index (χ1n) is 8.81. The van der Waals surface area contributed by atoms with Gasteiger partial charge in [0.15, 0.2) is 13.2 Å². The maximum atomic E-state index is 12.0. The van der Waals surface area contributed by atoms with Crippen LogP contribution in [0.25, 0.3) is 10.8 Å². The summed E-state index contributed by atoms with van der Waals surface area (Å²) >= 11 is 0. The zero-order valence-corrected chi connectivity index (χ0v) is 15.7. The lowest BCUT2D eigenvalue weighted by atomic mass is 10.1. The first-order chi connectivity index (χ1) is 14.1. The second-order valence-corrected chi connectivity index (χ2v) is 6.05. The maximum Gasteiger partial charge on any atom is 0.344 e. The van der Waals surface area contributed by atoms with Crippen LogP contribution in [0.2, 0.25) is 0 Å². The van der Waals surface area contributed by atoms with E-state index in [1.807, 2.05) is 36.4 Å². The number of fused-ring (bicyclic) bond motifs is 1. The molecule has 0 aliphatic carbocycles. The number of esters is 2. The minimum absolute atomic E-state index is 0.297. The molecular weight excluding hydrogens is 374 g/mol. The van der Waals surface area contributed by atoms with Crippen LogP contribution >= 0.6 is 0 Å². The molecule has 3 aromatic rings. The molecule has 0 aliphatic rings. The first kappa shape index (κ1) is 19.9. The Labute approximate surface area is 167 Å². The number of methoxy groups -OCH3 is 1. The molecule has 0 radical (unpaired) electrons. The number of hydrogen-bond donors (Lipinski definition) is 1. The van der Waals surface area contributed by atoms with Crippen molar-refractivity contribution in [2.75, 3.05) is 25.6 Å². The molecule has 7 heteroatoms. The Morgan fingerprint density at radius 1 is 0.897 bits per heavy atom. The quantitative estimate of drug-likeness (QED) is 0.620. The third kappa shape index (κ3) is 5.32. The molecule has 0 atom stereocenters. The van der Waals surface area contributed by atoms with Crippen molar-refractivity contribution in [1.82, 2.24) is 0 Å². The van der Waals surface area contributed by atoms with Gasteiger partial charge in [-0.3, -0.25) is 4.79 Å². The SMILES string of the molecule is COC(=O)c1cccc(NC(=O)COC(=O)COc2cccc3ccccc23)c1. The van der Waals surface area contributed by atoms with Crippen LogP contribution in [0.5, 0.6) is 5.75 Å². The molecular formula is C22H19NO6. The van der Waals surface area contributed by atoms with Crippen LogP contribution in [-0.2, 0) is 19.1 Å². The van der Waals surface area contributed by atoms with Crippen molar-refractivity contribution in [1.29, 1.82) is 0 Å². The van der Waals surface area contributed by atoms with Crippen LogP contribution in [0.4, 0.5) is 5.69 Å². The molecule has 0 heterocycles. The van der Waals surface area contributed by atoms with Crippen LogP contribution in [0.1, 0.15) is 10.4 Å². The molecule has 148 valence electrons. The number of carbonyl (C=O) groups excluding carboxylic acids is 3. The van der Waals surface area contributed by atoms with Gasteiger partial charge in [-0.25, -0.2) is 9.59 Å². The lowest BCUT2D eigenvalue weighted by Crippen LogP contribution is -2.23. The van der Waals surface area contributed by atoms with Gasteiger partial charge in [-0.15, -0.1) is 0 Å². The molecule has 0 aromatic heterocycles. The molecule has 0 saturated carbocycles. The monoisotopic (exact) mass is 393 g/mol. The van der Waals surface area contributed by atoms with Crippen molar-refractivity contribution in [3.05, 3.63) is 72.3 Å². The summed E-state index contributed by atoms with van der Waals surface area (Å²) in [6.07, 6.45) is 0. The molecule has 1 N–H and O–H groups in total. The molecule has 3 aromatic carbocycles. The van der Waals surface area contributed by atoms with Crippen LogP contribution in [-0.4, -0.2) is 38.2 Å². The van der Waals surface area contributed by atoms with Gasteiger partial charge in [0.2, 0.25) is 0 Å². The van der Waals surface area contributed by atoms with E-state index in [0.29, 0.717) is 17.0 Å². The van der Waals surface area contributed by atoms with Crippen molar-refractivity contribution >= 4 is 34.3 Å². The number of rotatable bonds is 7. The summed E-state index contributed by atoms with van der Waals surface area (Å²) in [6, 6.07) is 19.4. The highest BCUT2D eigenvalue weighted by atomic mass is 16.6. The standard InChI is InChI=1S/C22H19NO6/c1-27-22(26)16-8-4-9-17(12-16)23-20(24)13-29-21(25)14-28-19-11-5-7-15-6-2-3-10-18(15)19/h2-12H,13-14H2,1H3,(H,23,24). The Morgan fingerprint density at radius 3 is 2.48 bits per heavy atom. The van der Waals surface area contributed by atoms with Crippen molar-refractivity contribution < 1.29 is 28.6 Å². The number of carbonyl (C=O) groups is 3. The lowest BCUT2D eigenvalue weighted by molar-refractivity contribution is -0.149. The van der Waals surface area contributed by atoms with Gasteiger partial charge < -0.3 is 19.5 Å². The first-order valence-corrected chi connectivity index (χ1v) is 8.81. The predicted octanol–water partition coefficient (Wildman–Crippen LogP) is 3.19. The smallest absolute Gasteiger partial charge is 0.344 e. The van der Waals surface area contributed by atoms with E-state index >= 15 is 0 Å². The Balaban J connectivity index is 1.49. The van der Waals surface area contributed by atoms with Crippen LogP contribution in [0, 0.1) is 0 Å². The maximum absolute atomic E-state index is 12.0. The summed E-state index contributed by atoms with van der Waals surface area (Å²) in [5.41, 5.74) is 0.687. The van der Waals surface area contributed by atoms with E-state index in [9.17, 15) is 14.4 Å². The third-order valence-corrected chi connectivity index (χ3v) is 4.03. The molecule has 0 aliphatic heterocycles. The molecule has 1 amide bonds. The molecule has 3 rings (SSSR count). The summed E-state index contributed by atoms with van der Waals surface area (Å²) in [5.74, 6) is -1.16. The normalized spacial score (nSPS) is 10.2. The zero-order chi connectivity index (χ0) is 20.6. The fourth-order valence-corrected chi connectivity index (χ4v) is 2.68. The molecule has 29 heavy (non-hydrogen) atoms. The van der Waals surface area contributed by atoms with Crippen LogP contribution in [0.15, 0.2) is 66.7 Å². The second-order valence-electron chi connectivity index (χ2n) is 6.05. The van der Waals surface area contributed by atoms with E-state index in [1.54, 1.807) is 24.3 Å². The van der Waals surface area contributed by atoms with Crippen molar-refractivity contribution in [2.24, 2.45) is 0 Å².